The monoisotopic (exact) mass is 461 g/mol. The Morgan fingerprint density at radius 1 is 1.06 bits per heavy atom. The summed E-state index contributed by atoms with van der Waals surface area (Å²) in [6.45, 7) is 2.87. The van der Waals surface area contributed by atoms with Gasteiger partial charge in [-0.3, -0.25) is 4.90 Å². The van der Waals surface area contributed by atoms with Crippen LogP contribution in [0.3, 0.4) is 0 Å². The summed E-state index contributed by atoms with van der Waals surface area (Å²) in [6, 6.07) is 14.8. The smallest absolute Gasteiger partial charge is 0.165 e. The molecule has 0 amide bonds. The second kappa shape index (κ2) is 7.71. The van der Waals surface area contributed by atoms with E-state index in [1.54, 1.807) is 6.07 Å². The van der Waals surface area contributed by atoms with Crippen LogP contribution in [0.5, 0.6) is 11.5 Å². The van der Waals surface area contributed by atoms with Crippen LogP contribution in [0.15, 0.2) is 42.5 Å². The zero-order chi connectivity index (χ0) is 22.9. The van der Waals surface area contributed by atoms with E-state index in [1.165, 1.54) is 24.0 Å². The van der Waals surface area contributed by atoms with E-state index < -0.39 is 6.10 Å². The van der Waals surface area contributed by atoms with E-state index in [0.29, 0.717) is 24.8 Å². The Labute approximate surface area is 201 Å². The maximum absolute atomic E-state index is 11.2. The van der Waals surface area contributed by atoms with Crippen LogP contribution in [0, 0.1) is 5.92 Å². The van der Waals surface area contributed by atoms with E-state index in [-0.39, 0.29) is 22.9 Å². The van der Waals surface area contributed by atoms with Crippen molar-refractivity contribution >= 4 is 0 Å². The van der Waals surface area contributed by atoms with Crippen LogP contribution in [0.4, 0.5) is 0 Å². The van der Waals surface area contributed by atoms with Crippen LogP contribution >= 0.6 is 0 Å². The number of phenols is 1. The molecule has 5 atom stereocenters. The molecule has 7 rings (SSSR count). The van der Waals surface area contributed by atoms with Crippen molar-refractivity contribution < 1.29 is 19.7 Å². The molecule has 0 aromatic heterocycles. The molecule has 34 heavy (non-hydrogen) atoms. The van der Waals surface area contributed by atoms with E-state index in [2.05, 4.69) is 41.3 Å². The van der Waals surface area contributed by atoms with E-state index in [1.807, 2.05) is 0 Å². The molecule has 2 aromatic carbocycles. The van der Waals surface area contributed by atoms with Crippen molar-refractivity contribution in [1.29, 1.82) is 0 Å². The van der Waals surface area contributed by atoms with Crippen LogP contribution in [0.2, 0.25) is 0 Å². The summed E-state index contributed by atoms with van der Waals surface area (Å²) in [4.78, 5) is 2.71. The molecule has 3 fully saturated rings. The summed E-state index contributed by atoms with van der Waals surface area (Å²) in [6.07, 6.45) is 7.18. The average Bonchev–Trinajstić information content (AvgIpc) is 3.59. The van der Waals surface area contributed by atoms with Gasteiger partial charge in [0.2, 0.25) is 0 Å². The first-order valence-corrected chi connectivity index (χ1v) is 13.2. The number of hydrogen-bond donors (Lipinski definition) is 2. The highest BCUT2D eigenvalue weighted by molar-refractivity contribution is 5.62. The average molecular weight is 462 g/mol. The lowest BCUT2D eigenvalue weighted by molar-refractivity contribution is -0.233. The molecule has 0 radical (unpaired) electrons. The number of phenolic OH excluding ortho intramolecular Hbond substituents is 1. The molecule has 2 aliphatic heterocycles. The molecule has 180 valence electrons. The number of aliphatic hydroxyl groups is 1. The van der Waals surface area contributed by atoms with Gasteiger partial charge in [-0.15, -0.1) is 0 Å². The van der Waals surface area contributed by atoms with Crippen molar-refractivity contribution in [3.8, 4) is 11.5 Å². The fourth-order valence-electron chi connectivity index (χ4n) is 7.90. The number of nitrogens with zero attached hydrogens (tertiary/aromatic N) is 1. The molecule has 5 nitrogen and oxygen atoms in total. The SMILES string of the molecule is Oc1ccc2c3c1O[C@H]1[C@H](O)CC[C@@]4(OCCCc5ccccc5)[C@@H](C2)N(CC2CC2)CC[C@]314. The van der Waals surface area contributed by atoms with Gasteiger partial charge < -0.3 is 19.7 Å². The molecular weight excluding hydrogens is 426 g/mol. The summed E-state index contributed by atoms with van der Waals surface area (Å²) in [5.74, 6) is 1.63. The van der Waals surface area contributed by atoms with Crippen molar-refractivity contribution in [1.82, 2.24) is 4.90 Å². The first kappa shape index (κ1) is 21.2. The van der Waals surface area contributed by atoms with Gasteiger partial charge in [-0.25, -0.2) is 0 Å². The Bertz CT molecular complexity index is 1090. The highest BCUT2D eigenvalue weighted by Crippen LogP contribution is 2.66. The van der Waals surface area contributed by atoms with E-state index in [0.717, 1.165) is 56.7 Å². The van der Waals surface area contributed by atoms with E-state index in [9.17, 15) is 10.2 Å². The van der Waals surface area contributed by atoms with Crippen LogP contribution in [0.1, 0.15) is 55.2 Å². The Kier molecular flexibility index (Phi) is 4.81. The molecule has 5 aliphatic rings. The minimum Gasteiger partial charge on any atom is -0.504 e. The van der Waals surface area contributed by atoms with Crippen molar-refractivity contribution in [3.05, 3.63) is 59.2 Å². The number of likely N-dealkylation sites (tertiary alicyclic amines) is 1. The molecule has 1 spiro atoms. The van der Waals surface area contributed by atoms with Gasteiger partial charge in [-0.1, -0.05) is 36.4 Å². The zero-order valence-corrected chi connectivity index (χ0v) is 19.8. The van der Waals surface area contributed by atoms with Gasteiger partial charge >= 0.3 is 0 Å². The summed E-state index contributed by atoms with van der Waals surface area (Å²) in [5, 5.41) is 21.9. The summed E-state index contributed by atoms with van der Waals surface area (Å²) >= 11 is 0. The number of benzene rings is 2. The zero-order valence-electron chi connectivity index (χ0n) is 19.8. The predicted molar refractivity (Wildman–Crippen MR) is 129 cm³/mol. The lowest BCUT2D eigenvalue weighted by Gasteiger charge is -2.65. The third-order valence-electron chi connectivity index (χ3n) is 9.50. The fraction of sp³-hybridized carbons (Fsp3) is 0.586. The first-order chi connectivity index (χ1) is 16.6. The Morgan fingerprint density at radius 3 is 2.74 bits per heavy atom. The van der Waals surface area contributed by atoms with Crippen LogP contribution in [-0.2, 0) is 23.0 Å². The Balaban J connectivity index is 1.28. The van der Waals surface area contributed by atoms with Gasteiger partial charge in [0.25, 0.3) is 0 Å². The number of rotatable bonds is 7. The maximum atomic E-state index is 11.2. The van der Waals surface area contributed by atoms with Crippen molar-refractivity contribution in [2.24, 2.45) is 5.92 Å². The number of ether oxygens (including phenoxy) is 2. The summed E-state index contributed by atoms with van der Waals surface area (Å²) in [7, 11) is 0. The number of aryl methyl sites for hydroxylation is 1. The van der Waals surface area contributed by atoms with Gasteiger partial charge in [0.15, 0.2) is 11.5 Å². The number of hydrogen-bond acceptors (Lipinski definition) is 5. The molecule has 2 bridgehead atoms. The van der Waals surface area contributed by atoms with E-state index >= 15 is 0 Å². The quantitative estimate of drug-likeness (QED) is 0.611. The number of aliphatic hydroxyl groups excluding tert-OH is 1. The third-order valence-corrected chi connectivity index (χ3v) is 9.50. The highest BCUT2D eigenvalue weighted by Gasteiger charge is 2.74. The van der Waals surface area contributed by atoms with Crippen molar-refractivity contribution in [2.75, 3.05) is 19.7 Å². The molecule has 1 saturated heterocycles. The van der Waals surface area contributed by atoms with E-state index in [4.69, 9.17) is 9.47 Å². The largest absolute Gasteiger partial charge is 0.504 e. The Hall–Kier alpha value is -2.08. The molecule has 0 unspecified atom stereocenters. The third kappa shape index (κ3) is 2.90. The standard InChI is InChI=1S/C29H35NO4/c31-22-11-10-21-17-24-29(33-16-4-7-19-5-2-1-3-6-19)13-12-23(32)27-28(29,25(21)26(22)34-27)14-15-30(24)18-20-8-9-20/h1-3,5-6,10-11,20,23-24,27,31-32H,4,7-9,12-18H2/t23-,24-,27+,28+,29-/m1/s1. The summed E-state index contributed by atoms with van der Waals surface area (Å²) in [5.41, 5.74) is 3.00. The fourth-order valence-corrected chi connectivity index (χ4v) is 7.90. The second-order valence-electron chi connectivity index (χ2n) is 11.3. The minimum absolute atomic E-state index is 0.201. The molecule has 2 heterocycles. The van der Waals surface area contributed by atoms with Gasteiger partial charge in [0.05, 0.1) is 17.1 Å². The molecule has 2 N–H and O–H groups in total. The number of piperidine rings is 1. The highest BCUT2D eigenvalue weighted by atomic mass is 16.5. The molecule has 5 heteroatoms. The molecular formula is C29H35NO4. The lowest BCUT2D eigenvalue weighted by atomic mass is 9.48. The topological polar surface area (TPSA) is 62.2 Å². The van der Waals surface area contributed by atoms with Crippen molar-refractivity contribution in [2.45, 2.75) is 80.6 Å². The first-order valence-electron chi connectivity index (χ1n) is 13.2. The van der Waals surface area contributed by atoms with Gasteiger partial charge in [-0.05, 0) is 81.0 Å². The lowest BCUT2D eigenvalue weighted by Crippen LogP contribution is -2.78. The van der Waals surface area contributed by atoms with Crippen LogP contribution in [0.25, 0.3) is 0 Å². The molecule has 2 aromatic rings. The van der Waals surface area contributed by atoms with Crippen LogP contribution in [-0.4, -0.2) is 58.7 Å². The molecule has 3 aliphatic carbocycles. The summed E-state index contributed by atoms with van der Waals surface area (Å²) < 4.78 is 13.6. The van der Waals surface area contributed by atoms with Crippen molar-refractivity contribution in [3.63, 3.8) is 0 Å². The predicted octanol–water partition coefficient (Wildman–Crippen LogP) is 3.97. The van der Waals surface area contributed by atoms with Gasteiger partial charge in [0.1, 0.15) is 6.10 Å². The normalized spacial score (nSPS) is 35.6. The maximum Gasteiger partial charge on any atom is 0.165 e. The van der Waals surface area contributed by atoms with Crippen LogP contribution < -0.4 is 4.74 Å². The Morgan fingerprint density at radius 2 is 1.91 bits per heavy atom. The molecule has 2 saturated carbocycles. The number of aromatic hydroxyl groups is 1. The van der Waals surface area contributed by atoms with Gasteiger partial charge in [-0.2, -0.15) is 0 Å². The minimum atomic E-state index is -0.533. The van der Waals surface area contributed by atoms with Gasteiger partial charge in [0, 0.05) is 24.8 Å². The second-order valence-corrected chi connectivity index (χ2v) is 11.3.